The van der Waals surface area contributed by atoms with Gasteiger partial charge in [-0.05, 0) is 47.9 Å². The number of carbonyl (C=O) groups is 1. The third kappa shape index (κ3) is 4.27. The van der Waals surface area contributed by atoms with Crippen LogP contribution < -0.4 is 15.8 Å². The Morgan fingerprint density at radius 3 is 2.71 bits per heavy atom. The molecule has 0 atom stereocenters. The highest BCUT2D eigenvalue weighted by Crippen LogP contribution is 2.29. The van der Waals surface area contributed by atoms with Gasteiger partial charge in [0.05, 0.1) is 17.7 Å². The number of methoxy groups -OCH3 is 1. The Hall–Kier alpha value is -3.71. The fraction of sp³-hybridized carbons (Fsp3) is 0.0833. The van der Waals surface area contributed by atoms with Gasteiger partial charge in [0.1, 0.15) is 11.6 Å². The summed E-state index contributed by atoms with van der Waals surface area (Å²) in [6, 6.07) is 19.2. The number of thiophene rings is 1. The molecule has 0 aliphatic carbocycles. The molecule has 31 heavy (non-hydrogen) atoms. The highest BCUT2D eigenvalue weighted by atomic mass is 32.1. The van der Waals surface area contributed by atoms with Gasteiger partial charge < -0.3 is 15.8 Å². The average molecular weight is 434 g/mol. The molecule has 1 heterocycles. The molecule has 156 valence electrons. The Labute approximate surface area is 182 Å². The number of halogens is 1. The number of rotatable bonds is 6. The van der Waals surface area contributed by atoms with Crippen LogP contribution in [0.1, 0.15) is 26.4 Å². The number of ether oxygens (including phenoxy) is 1. The summed E-state index contributed by atoms with van der Waals surface area (Å²) in [5.41, 5.74) is 7.52. The zero-order valence-corrected chi connectivity index (χ0v) is 17.6. The number of benzene rings is 3. The van der Waals surface area contributed by atoms with E-state index in [2.05, 4.69) is 5.32 Å². The van der Waals surface area contributed by atoms with Crippen molar-refractivity contribution >= 4 is 38.7 Å². The van der Waals surface area contributed by atoms with E-state index in [-0.39, 0.29) is 29.4 Å². The number of hydrogen-bond donors (Lipinski definition) is 3. The maximum Gasteiger partial charge on any atom is 0.251 e. The number of nitrogen functional groups attached to an aromatic ring is 1. The van der Waals surface area contributed by atoms with Crippen molar-refractivity contribution in [3.63, 3.8) is 0 Å². The minimum atomic E-state index is -0.531. The molecule has 4 N–H and O–H groups in total. The molecule has 1 aromatic heterocycles. The standard InChI is InChI=1S/C24H20FN3O2S/c1-30-17-7-4-6-15(9-17)24(29)28-13-16-10-18(20(26)12-19(16)25)23(27)22-11-14-5-2-3-8-21(14)31-22/h2-12,27H,13,26H2,1H3,(H,28,29). The van der Waals surface area contributed by atoms with Gasteiger partial charge in [0.2, 0.25) is 0 Å². The van der Waals surface area contributed by atoms with Crippen LogP contribution in [0.4, 0.5) is 10.1 Å². The van der Waals surface area contributed by atoms with Gasteiger partial charge in [-0.2, -0.15) is 0 Å². The lowest BCUT2D eigenvalue weighted by Gasteiger charge is -2.12. The van der Waals surface area contributed by atoms with E-state index in [1.165, 1.54) is 30.6 Å². The molecular weight excluding hydrogens is 413 g/mol. The average Bonchev–Trinajstić information content (AvgIpc) is 3.22. The quantitative estimate of drug-likeness (QED) is 0.296. The van der Waals surface area contributed by atoms with Crippen LogP contribution in [0.5, 0.6) is 5.75 Å². The molecule has 0 saturated carbocycles. The second kappa shape index (κ2) is 8.57. The number of nitrogens with one attached hydrogen (secondary N) is 2. The largest absolute Gasteiger partial charge is 0.497 e. The summed E-state index contributed by atoms with van der Waals surface area (Å²) in [5, 5.41) is 12.4. The molecule has 0 radical (unpaired) electrons. The number of anilines is 1. The van der Waals surface area contributed by atoms with Crippen LogP contribution in [0.2, 0.25) is 0 Å². The Bertz CT molecular complexity index is 1270. The smallest absolute Gasteiger partial charge is 0.251 e. The van der Waals surface area contributed by atoms with Crippen LogP contribution >= 0.6 is 11.3 Å². The second-order valence-electron chi connectivity index (χ2n) is 6.97. The Kier molecular flexibility index (Phi) is 5.68. The van der Waals surface area contributed by atoms with Gasteiger partial charge in [-0.15, -0.1) is 11.3 Å². The third-order valence-corrected chi connectivity index (χ3v) is 6.06. The van der Waals surface area contributed by atoms with Crippen molar-refractivity contribution in [1.82, 2.24) is 5.32 Å². The SMILES string of the molecule is COc1cccc(C(=O)NCc2cc(C(=N)c3cc4ccccc4s3)c(N)cc2F)c1. The molecule has 0 aliphatic heterocycles. The molecule has 0 spiro atoms. The van der Waals surface area contributed by atoms with E-state index >= 15 is 0 Å². The van der Waals surface area contributed by atoms with Crippen molar-refractivity contribution in [3.05, 3.63) is 94.1 Å². The molecule has 0 saturated heterocycles. The van der Waals surface area contributed by atoms with Crippen molar-refractivity contribution in [2.24, 2.45) is 0 Å². The maximum atomic E-state index is 14.5. The molecule has 5 nitrogen and oxygen atoms in total. The fourth-order valence-electron chi connectivity index (χ4n) is 3.27. The van der Waals surface area contributed by atoms with Gasteiger partial charge in [-0.25, -0.2) is 4.39 Å². The molecule has 7 heteroatoms. The molecule has 3 aromatic carbocycles. The summed E-state index contributed by atoms with van der Waals surface area (Å²) in [4.78, 5) is 13.2. The highest BCUT2D eigenvalue weighted by molar-refractivity contribution is 7.21. The predicted octanol–water partition coefficient (Wildman–Crippen LogP) is 4.98. The third-order valence-electron chi connectivity index (χ3n) is 4.93. The Morgan fingerprint density at radius 2 is 1.94 bits per heavy atom. The predicted molar refractivity (Wildman–Crippen MR) is 123 cm³/mol. The minimum Gasteiger partial charge on any atom is -0.497 e. The van der Waals surface area contributed by atoms with Crippen molar-refractivity contribution in [1.29, 1.82) is 5.41 Å². The Balaban J connectivity index is 1.57. The van der Waals surface area contributed by atoms with Crippen molar-refractivity contribution in [2.75, 3.05) is 12.8 Å². The van der Waals surface area contributed by atoms with Gasteiger partial charge >= 0.3 is 0 Å². The number of carbonyl (C=O) groups excluding carboxylic acids is 1. The van der Waals surface area contributed by atoms with E-state index in [1.807, 2.05) is 30.3 Å². The summed E-state index contributed by atoms with van der Waals surface area (Å²) in [5.74, 6) is -0.321. The zero-order chi connectivity index (χ0) is 22.0. The minimum absolute atomic E-state index is 0.0329. The first-order valence-corrected chi connectivity index (χ1v) is 10.4. The normalized spacial score (nSPS) is 10.8. The fourth-order valence-corrected chi connectivity index (χ4v) is 4.29. The van der Waals surface area contributed by atoms with E-state index in [9.17, 15) is 9.18 Å². The monoisotopic (exact) mass is 433 g/mol. The summed E-state index contributed by atoms with van der Waals surface area (Å²) in [6.07, 6.45) is 0. The van der Waals surface area contributed by atoms with E-state index in [4.69, 9.17) is 15.9 Å². The van der Waals surface area contributed by atoms with E-state index in [1.54, 1.807) is 24.3 Å². The first-order chi connectivity index (χ1) is 15.0. The van der Waals surface area contributed by atoms with Gasteiger partial charge in [0.15, 0.2) is 0 Å². The van der Waals surface area contributed by atoms with Crippen LogP contribution in [-0.4, -0.2) is 18.7 Å². The first kappa shape index (κ1) is 20.6. The van der Waals surface area contributed by atoms with E-state index < -0.39 is 5.82 Å². The Morgan fingerprint density at radius 1 is 1.13 bits per heavy atom. The van der Waals surface area contributed by atoms with Crippen LogP contribution in [0.3, 0.4) is 0 Å². The van der Waals surface area contributed by atoms with Crippen LogP contribution in [0.15, 0.2) is 66.7 Å². The maximum absolute atomic E-state index is 14.5. The molecule has 0 aliphatic rings. The number of amides is 1. The number of hydrogen-bond acceptors (Lipinski definition) is 5. The van der Waals surface area contributed by atoms with Crippen LogP contribution in [0, 0.1) is 11.2 Å². The van der Waals surface area contributed by atoms with E-state index in [0.29, 0.717) is 16.9 Å². The zero-order valence-electron chi connectivity index (χ0n) is 16.7. The summed E-state index contributed by atoms with van der Waals surface area (Å²) < 4.78 is 20.7. The second-order valence-corrected chi connectivity index (χ2v) is 8.05. The lowest BCUT2D eigenvalue weighted by atomic mass is 10.0. The molecule has 0 fully saturated rings. The van der Waals surface area contributed by atoms with Crippen molar-refractivity contribution in [2.45, 2.75) is 6.54 Å². The van der Waals surface area contributed by atoms with Gasteiger partial charge in [0, 0.05) is 33.6 Å². The van der Waals surface area contributed by atoms with Crippen molar-refractivity contribution < 1.29 is 13.9 Å². The summed E-state index contributed by atoms with van der Waals surface area (Å²) in [6.45, 7) is -0.0329. The number of nitrogens with two attached hydrogens (primary N) is 1. The number of fused-ring (bicyclic) bond motifs is 1. The molecule has 4 rings (SSSR count). The molecule has 1 amide bonds. The van der Waals surface area contributed by atoms with Gasteiger partial charge in [0.25, 0.3) is 5.91 Å². The molecule has 0 bridgehead atoms. The van der Waals surface area contributed by atoms with Crippen LogP contribution in [-0.2, 0) is 6.54 Å². The highest BCUT2D eigenvalue weighted by Gasteiger charge is 2.16. The summed E-state index contributed by atoms with van der Waals surface area (Å²) in [7, 11) is 1.52. The topological polar surface area (TPSA) is 88.2 Å². The van der Waals surface area contributed by atoms with Crippen LogP contribution in [0.25, 0.3) is 10.1 Å². The van der Waals surface area contributed by atoms with Gasteiger partial charge in [-0.1, -0.05) is 24.3 Å². The lowest BCUT2D eigenvalue weighted by molar-refractivity contribution is 0.0950. The van der Waals surface area contributed by atoms with Crippen molar-refractivity contribution in [3.8, 4) is 5.75 Å². The molecule has 0 unspecified atom stereocenters. The van der Waals surface area contributed by atoms with Gasteiger partial charge in [-0.3, -0.25) is 10.2 Å². The summed E-state index contributed by atoms with van der Waals surface area (Å²) >= 11 is 1.48. The first-order valence-electron chi connectivity index (χ1n) is 9.54. The lowest BCUT2D eigenvalue weighted by Crippen LogP contribution is -2.23. The molecule has 4 aromatic rings. The van der Waals surface area contributed by atoms with E-state index in [0.717, 1.165) is 15.0 Å². The molecular formula is C24H20FN3O2S.